The van der Waals surface area contributed by atoms with E-state index < -0.39 is 0 Å². The van der Waals surface area contributed by atoms with E-state index in [9.17, 15) is 5.11 Å². The quantitative estimate of drug-likeness (QED) is 0.465. The predicted octanol–water partition coefficient (Wildman–Crippen LogP) is 4.31. The van der Waals surface area contributed by atoms with Crippen LogP contribution in [0.15, 0.2) is 60.9 Å². The van der Waals surface area contributed by atoms with Crippen LogP contribution in [0.3, 0.4) is 0 Å². The third-order valence-electron chi connectivity index (χ3n) is 4.02. The highest BCUT2D eigenvalue weighted by molar-refractivity contribution is 7.19. The fourth-order valence-corrected chi connectivity index (χ4v) is 3.60. The second-order valence-electron chi connectivity index (χ2n) is 5.89. The van der Waals surface area contributed by atoms with E-state index in [0.717, 1.165) is 21.8 Å². The predicted molar refractivity (Wildman–Crippen MR) is 111 cm³/mol. The van der Waals surface area contributed by atoms with Crippen molar-refractivity contribution in [3.63, 3.8) is 0 Å². The van der Waals surface area contributed by atoms with Crippen LogP contribution >= 0.6 is 11.3 Å². The summed E-state index contributed by atoms with van der Waals surface area (Å²) in [5.41, 5.74) is 9.08. The maximum atomic E-state index is 9.95. The average Bonchev–Trinajstić information content (AvgIpc) is 3.11. The van der Waals surface area contributed by atoms with Crippen LogP contribution in [-0.4, -0.2) is 27.2 Å². The Morgan fingerprint density at radius 1 is 1.07 bits per heavy atom. The lowest BCUT2D eigenvalue weighted by atomic mass is 10.1. The molecule has 0 aliphatic carbocycles. The van der Waals surface area contributed by atoms with Gasteiger partial charge in [0.1, 0.15) is 11.5 Å². The molecule has 4 N–H and O–H groups in total. The first kappa shape index (κ1) is 17.7. The molecule has 4 aromatic rings. The molecule has 1 aromatic carbocycles. The van der Waals surface area contributed by atoms with Crippen molar-refractivity contribution in [2.24, 2.45) is 0 Å². The Morgan fingerprint density at radius 2 is 1.96 bits per heavy atom. The number of aromatic nitrogens is 3. The second kappa shape index (κ2) is 7.53. The molecule has 7 nitrogen and oxygen atoms in total. The van der Waals surface area contributed by atoms with Gasteiger partial charge in [-0.05, 0) is 42.0 Å². The van der Waals surface area contributed by atoms with Crippen molar-refractivity contribution in [3.8, 4) is 33.3 Å². The minimum absolute atomic E-state index is 0.0522. The van der Waals surface area contributed by atoms with Crippen LogP contribution in [0.5, 0.6) is 11.5 Å². The molecular formula is C20H17N5O2S. The Labute approximate surface area is 165 Å². The summed E-state index contributed by atoms with van der Waals surface area (Å²) < 4.78 is 5.07. The molecule has 0 saturated carbocycles. The number of nitrogens with one attached hydrogen (secondary N) is 1. The third kappa shape index (κ3) is 3.58. The number of phenols is 1. The second-order valence-corrected chi connectivity index (χ2v) is 6.92. The van der Waals surface area contributed by atoms with Gasteiger partial charge in [0.2, 0.25) is 0 Å². The number of benzene rings is 1. The molecular weight excluding hydrogens is 374 g/mol. The highest BCUT2D eigenvalue weighted by Gasteiger charge is 2.15. The number of thiazole rings is 1. The van der Waals surface area contributed by atoms with Gasteiger partial charge in [-0.25, -0.2) is 9.97 Å². The highest BCUT2D eigenvalue weighted by Crippen LogP contribution is 2.38. The topological polar surface area (TPSA) is 106 Å². The number of nitrogen functional groups attached to an aromatic ring is 1. The first-order valence-corrected chi connectivity index (χ1v) is 9.24. The number of hydrogen-bond acceptors (Lipinski definition) is 8. The number of rotatable bonds is 5. The van der Waals surface area contributed by atoms with E-state index in [1.807, 2.05) is 30.3 Å². The van der Waals surface area contributed by atoms with Gasteiger partial charge in [0.15, 0.2) is 16.6 Å². The fourth-order valence-electron chi connectivity index (χ4n) is 2.76. The fraction of sp³-hybridized carbons (Fsp3) is 0.0500. The van der Waals surface area contributed by atoms with Gasteiger partial charge in [-0.15, -0.1) is 0 Å². The van der Waals surface area contributed by atoms with Gasteiger partial charge >= 0.3 is 0 Å². The number of methoxy groups -OCH3 is 1. The maximum absolute atomic E-state index is 9.95. The Morgan fingerprint density at radius 3 is 2.71 bits per heavy atom. The lowest BCUT2D eigenvalue weighted by Crippen LogP contribution is -1.94. The molecule has 140 valence electrons. The van der Waals surface area contributed by atoms with Gasteiger partial charge in [-0.3, -0.25) is 4.98 Å². The van der Waals surface area contributed by atoms with E-state index in [2.05, 4.69) is 20.3 Å². The van der Waals surface area contributed by atoms with Crippen molar-refractivity contribution in [3.05, 3.63) is 60.9 Å². The van der Waals surface area contributed by atoms with E-state index in [-0.39, 0.29) is 5.75 Å². The third-order valence-corrected chi connectivity index (χ3v) is 4.96. The molecule has 3 aromatic heterocycles. The molecule has 8 heteroatoms. The number of phenolic OH excluding ortho intramolecular Hbond substituents is 1. The van der Waals surface area contributed by atoms with E-state index in [4.69, 9.17) is 10.5 Å². The minimum Gasteiger partial charge on any atom is -0.504 e. The van der Waals surface area contributed by atoms with Crippen molar-refractivity contribution in [1.29, 1.82) is 0 Å². The Balaban J connectivity index is 1.68. The normalized spacial score (nSPS) is 10.6. The van der Waals surface area contributed by atoms with Gasteiger partial charge in [-0.1, -0.05) is 17.4 Å². The standard InChI is InChI=1S/C20H17N5O2S/c1-27-16-6-5-13(11-15(16)26)24-17-10-12(7-9-23-17)19-18(25-20(21)28-19)14-4-2-3-8-22-14/h2-11,26H,1H3,(H2,21,25)(H,23,24). The summed E-state index contributed by atoms with van der Waals surface area (Å²) >= 11 is 1.40. The monoisotopic (exact) mass is 391 g/mol. The van der Waals surface area contributed by atoms with Crippen LogP contribution in [0.2, 0.25) is 0 Å². The molecule has 0 bridgehead atoms. The number of anilines is 3. The van der Waals surface area contributed by atoms with Crippen LogP contribution < -0.4 is 15.8 Å². The smallest absolute Gasteiger partial charge is 0.181 e. The SMILES string of the molecule is COc1ccc(Nc2cc(-c3sc(N)nc3-c3ccccn3)ccn2)cc1O. The number of hydrogen-bond donors (Lipinski definition) is 3. The molecule has 3 heterocycles. The van der Waals surface area contributed by atoms with Gasteiger partial charge in [0.05, 0.1) is 17.7 Å². The molecule has 0 saturated heterocycles. The lowest BCUT2D eigenvalue weighted by Gasteiger charge is -2.09. The molecule has 28 heavy (non-hydrogen) atoms. The Hall–Kier alpha value is -3.65. The van der Waals surface area contributed by atoms with E-state index >= 15 is 0 Å². The molecule has 0 spiro atoms. The molecule has 0 atom stereocenters. The molecule has 0 unspecified atom stereocenters. The zero-order chi connectivity index (χ0) is 19.5. The molecule has 0 aliphatic heterocycles. The number of pyridine rings is 2. The van der Waals surface area contributed by atoms with Crippen molar-refractivity contribution >= 4 is 28.0 Å². The Bertz CT molecular complexity index is 1110. The van der Waals surface area contributed by atoms with E-state index in [0.29, 0.717) is 22.4 Å². The number of ether oxygens (including phenoxy) is 1. The zero-order valence-corrected chi connectivity index (χ0v) is 15.8. The molecule has 0 aliphatic rings. The summed E-state index contributed by atoms with van der Waals surface area (Å²) in [5, 5.41) is 13.6. The molecule has 0 amide bonds. The summed E-state index contributed by atoms with van der Waals surface area (Å²) in [7, 11) is 1.51. The van der Waals surface area contributed by atoms with Crippen molar-refractivity contribution in [2.45, 2.75) is 0 Å². The molecule has 0 radical (unpaired) electrons. The maximum Gasteiger partial charge on any atom is 0.181 e. The molecule has 0 fully saturated rings. The summed E-state index contributed by atoms with van der Waals surface area (Å²) in [6, 6.07) is 14.5. The summed E-state index contributed by atoms with van der Waals surface area (Å²) in [4.78, 5) is 14.1. The first-order chi connectivity index (χ1) is 13.6. The van der Waals surface area contributed by atoms with Gasteiger partial charge in [-0.2, -0.15) is 0 Å². The number of nitrogens with zero attached hydrogens (tertiary/aromatic N) is 3. The van der Waals surface area contributed by atoms with E-state index in [1.165, 1.54) is 18.4 Å². The largest absolute Gasteiger partial charge is 0.504 e. The van der Waals surface area contributed by atoms with E-state index in [1.54, 1.807) is 30.6 Å². The lowest BCUT2D eigenvalue weighted by molar-refractivity contribution is 0.373. The Kier molecular flexibility index (Phi) is 4.77. The van der Waals surface area contributed by atoms with Crippen molar-refractivity contribution in [2.75, 3.05) is 18.2 Å². The van der Waals surface area contributed by atoms with Gasteiger partial charge in [0.25, 0.3) is 0 Å². The van der Waals surface area contributed by atoms with Crippen molar-refractivity contribution < 1.29 is 9.84 Å². The zero-order valence-electron chi connectivity index (χ0n) is 15.0. The summed E-state index contributed by atoms with van der Waals surface area (Å²) in [6.07, 6.45) is 3.43. The minimum atomic E-state index is 0.0522. The van der Waals surface area contributed by atoms with Gasteiger partial charge in [0, 0.05) is 24.1 Å². The van der Waals surface area contributed by atoms with Crippen LogP contribution in [0.25, 0.3) is 21.8 Å². The van der Waals surface area contributed by atoms with Crippen LogP contribution in [0, 0.1) is 0 Å². The van der Waals surface area contributed by atoms with Crippen molar-refractivity contribution in [1.82, 2.24) is 15.0 Å². The molecule has 4 rings (SSSR count). The first-order valence-electron chi connectivity index (χ1n) is 8.42. The van der Waals surface area contributed by atoms with Gasteiger partial charge < -0.3 is 20.9 Å². The van der Waals surface area contributed by atoms with Crippen LogP contribution in [0.1, 0.15) is 0 Å². The highest BCUT2D eigenvalue weighted by atomic mass is 32.1. The average molecular weight is 391 g/mol. The van der Waals surface area contributed by atoms with Crippen LogP contribution in [-0.2, 0) is 0 Å². The summed E-state index contributed by atoms with van der Waals surface area (Å²) in [6.45, 7) is 0. The van der Waals surface area contributed by atoms with Crippen LogP contribution in [0.4, 0.5) is 16.6 Å². The number of nitrogens with two attached hydrogens (primary N) is 1. The number of aromatic hydroxyl groups is 1. The summed E-state index contributed by atoms with van der Waals surface area (Å²) in [5.74, 6) is 1.09.